The number of hydrogen-bond donors (Lipinski definition) is 2. The van der Waals surface area contributed by atoms with Crippen LogP contribution in [0.1, 0.15) is 99.6 Å². The van der Waals surface area contributed by atoms with Crippen LogP contribution in [0.15, 0.2) is 72.8 Å². The molecule has 0 saturated carbocycles. The predicted octanol–water partition coefficient (Wildman–Crippen LogP) is 10.8. The van der Waals surface area contributed by atoms with Crippen molar-refractivity contribution in [3.63, 3.8) is 0 Å². The summed E-state index contributed by atoms with van der Waals surface area (Å²) in [4.78, 5) is 14.1. The molecule has 0 fully saturated rings. The molecule has 0 aromatic heterocycles. The number of ether oxygens (including phenoxy) is 2. The van der Waals surface area contributed by atoms with Gasteiger partial charge in [-0.2, -0.15) is 0 Å². The van der Waals surface area contributed by atoms with Crippen LogP contribution in [0.3, 0.4) is 0 Å². The van der Waals surface area contributed by atoms with E-state index in [0.29, 0.717) is 11.3 Å². The minimum absolute atomic E-state index is 0.149. The SMILES string of the molecule is Cc1c(C)c2c(c(C)c1Nc1c(C)c(C)c3c(c1C)C(NC(=O)c1ccc(F)cc1)(c1ccc(F)cc1)C(C)(C)O3)C(c1ccc(F)cc1)C(C)(C)O2. The molecule has 274 valence electrons. The number of benzene rings is 5. The molecule has 7 rings (SSSR count). The van der Waals surface area contributed by atoms with Crippen LogP contribution < -0.4 is 20.1 Å². The highest BCUT2D eigenvalue weighted by atomic mass is 19.1. The molecule has 5 aromatic carbocycles. The molecule has 0 aliphatic carbocycles. The quantitative estimate of drug-likeness (QED) is 0.184. The second kappa shape index (κ2) is 12.4. The molecule has 2 aliphatic heterocycles. The standard InChI is InChI=1S/C45H45F3N2O3/c1-23-25(3)40-35(37(43(7,8)52-40)29-11-17-32(46)18-12-29)27(5)38(23)49-39-24(2)26(4)41-36(28(39)6)45(44(9,10)53-41,31-15-21-34(48)22-16-31)50-42(51)30-13-19-33(47)20-14-30/h11-22,37,49H,1-10H3,(H,50,51). The Morgan fingerprint density at radius 1 is 0.604 bits per heavy atom. The van der Waals surface area contributed by atoms with E-state index in [1.54, 1.807) is 12.1 Å². The molecule has 2 N–H and O–H groups in total. The third-order valence-electron chi connectivity index (χ3n) is 11.7. The van der Waals surface area contributed by atoms with Gasteiger partial charge in [0.15, 0.2) is 0 Å². The van der Waals surface area contributed by atoms with Crippen LogP contribution in [0.25, 0.3) is 0 Å². The fraction of sp³-hybridized carbons (Fsp3) is 0.311. The van der Waals surface area contributed by atoms with Gasteiger partial charge in [-0.3, -0.25) is 4.79 Å². The van der Waals surface area contributed by atoms with Crippen LogP contribution in [0.4, 0.5) is 24.5 Å². The van der Waals surface area contributed by atoms with Gasteiger partial charge in [0.1, 0.15) is 45.7 Å². The summed E-state index contributed by atoms with van der Waals surface area (Å²) >= 11 is 0. The fourth-order valence-corrected chi connectivity index (χ4v) is 8.67. The molecular weight excluding hydrogens is 674 g/mol. The summed E-state index contributed by atoms with van der Waals surface area (Å²) in [7, 11) is 0. The number of amides is 1. The molecule has 2 aliphatic rings. The van der Waals surface area contributed by atoms with Crippen molar-refractivity contribution >= 4 is 17.3 Å². The minimum atomic E-state index is -1.29. The molecule has 8 heteroatoms. The lowest BCUT2D eigenvalue weighted by atomic mass is 9.70. The summed E-state index contributed by atoms with van der Waals surface area (Å²) < 4.78 is 56.0. The molecule has 2 heterocycles. The van der Waals surface area contributed by atoms with E-state index >= 15 is 0 Å². The number of halogens is 3. The zero-order valence-corrected chi connectivity index (χ0v) is 31.9. The molecule has 5 nitrogen and oxygen atoms in total. The summed E-state index contributed by atoms with van der Waals surface area (Å²) in [6.07, 6.45) is 0. The third-order valence-corrected chi connectivity index (χ3v) is 11.7. The van der Waals surface area contributed by atoms with Gasteiger partial charge in [0.05, 0.1) is 5.92 Å². The molecule has 0 bridgehead atoms. The largest absolute Gasteiger partial charge is 0.486 e. The Bertz CT molecular complexity index is 2300. The smallest absolute Gasteiger partial charge is 0.252 e. The molecule has 5 aromatic rings. The van der Waals surface area contributed by atoms with Crippen molar-refractivity contribution in [2.45, 2.75) is 91.9 Å². The highest BCUT2D eigenvalue weighted by molar-refractivity contribution is 5.96. The van der Waals surface area contributed by atoms with E-state index in [4.69, 9.17) is 9.47 Å². The molecule has 1 amide bonds. The van der Waals surface area contributed by atoms with Gasteiger partial charge in [-0.25, -0.2) is 13.2 Å². The first kappa shape index (κ1) is 36.1. The van der Waals surface area contributed by atoms with Gasteiger partial charge < -0.3 is 20.1 Å². The number of anilines is 2. The Balaban J connectivity index is 1.44. The van der Waals surface area contributed by atoms with Gasteiger partial charge in [-0.05, 0) is 162 Å². The summed E-state index contributed by atoms with van der Waals surface area (Å²) in [6, 6.07) is 18.1. The topological polar surface area (TPSA) is 59.6 Å². The average molecular weight is 719 g/mol. The zero-order chi connectivity index (χ0) is 38.4. The van der Waals surface area contributed by atoms with E-state index in [-0.39, 0.29) is 17.3 Å². The van der Waals surface area contributed by atoms with Gasteiger partial charge in [0, 0.05) is 28.1 Å². The van der Waals surface area contributed by atoms with Crippen molar-refractivity contribution in [2.24, 2.45) is 0 Å². The molecule has 53 heavy (non-hydrogen) atoms. The molecular formula is C45H45F3N2O3. The van der Waals surface area contributed by atoms with Gasteiger partial charge in [0.25, 0.3) is 5.91 Å². The Morgan fingerprint density at radius 3 is 1.66 bits per heavy atom. The van der Waals surface area contributed by atoms with Crippen molar-refractivity contribution in [2.75, 3.05) is 5.32 Å². The summed E-state index contributed by atoms with van der Waals surface area (Å²) in [6.45, 7) is 20.3. The Hall–Kier alpha value is -5.24. The van der Waals surface area contributed by atoms with E-state index in [9.17, 15) is 18.0 Å². The second-order valence-electron chi connectivity index (χ2n) is 15.6. The van der Waals surface area contributed by atoms with Crippen molar-refractivity contribution in [1.29, 1.82) is 0 Å². The van der Waals surface area contributed by atoms with Crippen LogP contribution >= 0.6 is 0 Å². The highest BCUT2D eigenvalue weighted by Crippen LogP contribution is 2.58. The molecule has 2 atom stereocenters. The Kier molecular flexibility index (Phi) is 8.47. The van der Waals surface area contributed by atoms with Gasteiger partial charge in [0.2, 0.25) is 0 Å². The zero-order valence-electron chi connectivity index (χ0n) is 31.9. The maximum atomic E-state index is 14.5. The summed E-state index contributed by atoms with van der Waals surface area (Å²) in [5.74, 6) is -0.240. The maximum absolute atomic E-state index is 14.5. The van der Waals surface area contributed by atoms with E-state index in [0.717, 1.165) is 67.2 Å². The number of fused-ring (bicyclic) bond motifs is 2. The maximum Gasteiger partial charge on any atom is 0.252 e. The highest BCUT2D eigenvalue weighted by Gasteiger charge is 2.59. The number of carbonyl (C=O) groups is 1. The van der Waals surface area contributed by atoms with Gasteiger partial charge >= 0.3 is 0 Å². The number of nitrogens with one attached hydrogen (secondary N) is 2. The minimum Gasteiger partial charge on any atom is -0.486 e. The molecule has 2 unspecified atom stereocenters. The summed E-state index contributed by atoms with van der Waals surface area (Å²) in [5, 5.41) is 7.17. The molecule has 0 saturated heterocycles. The van der Waals surface area contributed by atoms with Crippen molar-refractivity contribution in [1.82, 2.24) is 5.32 Å². The van der Waals surface area contributed by atoms with Gasteiger partial charge in [-0.15, -0.1) is 0 Å². The lowest BCUT2D eigenvalue weighted by Gasteiger charge is -2.42. The van der Waals surface area contributed by atoms with Crippen LogP contribution in [-0.2, 0) is 5.54 Å². The van der Waals surface area contributed by atoms with E-state index in [1.165, 1.54) is 48.5 Å². The van der Waals surface area contributed by atoms with Crippen molar-refractivity contribution < 1.29 is 27.4 Å². The van der Waals surface area contributed by atoms with Gasteiger partial charge in [-0.1, -0.05) is 24.3 Å². The fourth-order valence-electron chi connectivity index (χ4n) is 8.67. The molecule has 0 radical (unpaired) electrons. The first-order chi connectivity index (χ1) is 24.9. The number of hydrogen-bond acceptors (Lipinski definition) is 4. The number of carbonyl (C=O) groups excluding carboxylic acids is 1. The van der Waals surface area contributed by atoms with Crippen molar-refractivity contribution in [3.05, 3.63) is 151 Å². The molecule has 0 spiro atoms. The van der Waals surface area contributed by atoms with E-state index in [2.05, 4.69) is 52.2 Å². The number of rotatable bonds is 6. The lowest BCUT2D eigenvalue weighted by Crippen LogP contribution is -2.59. The predicted molar refractivity (Wildman–Crippen MR) is 203 cm³/mol. The Labute approximate surface area is 309 Å². The first-order valence-electron chi connectivity index (χ1n) is 17.9. The normalized spacial score (nSPS) is 19.2. The van der Waals surface area contributed by atoms with Crippen LogP contribution in [0.5, 0.6) is 11.5 Å². The monoisotopic (exact) mass is 718 g/mol. The first-order valence-corrected chi connectivity index (χ1v) is 17.9. The Morgan fingerprint density at radius 2 is 1.09 bits per heavy atom. The van der Waals surface area contributed by atoms with Crippen LogP contribution in [0.2, 0.25) is 0 Å². The lowest BCUT2D eigenvalue weighted by molar-refractivity contribution is 0.0473. The van der Waals surface area contributed by atoms with E-state index < -0.39 is 34.3 Å². The second-order valence-corrected chi connectivity index (χ2v) is 15.6. The third kappa shape index (κ3) is 5.48. The van der Waals surface area contributed by atoms with Crippen LogP contribution in [-0.4, -0.2) is 17.1 Å². The van der Waals surface area contributed by atoms with Crippen LogP contribution in [0, 0.1) is 59.0 Å². The average Bonchev–Trinajstić information content (AvgIpc) is 3.53. The van der Waals surface area contributed by atoms with E-state index in [1.807, 2.05) is 39.8 Å². The summed E-state index contributed by atoms with van der Waals surface area (Å²) in [5.41, 5.74) is 8.31. The van der Waals surface area contributed by atoms with Crippen molar-refractivity contribution in [3.8, 4) is 11.5 Å².